The SMILES string of the molecule is FC(F)(F)c1ccnc(N(CC2CCOC2)C2CC2)n1. The summed E-state index contributed by atoms with van der Waals surface area (Å²) in [5.74, 6) is 0.544. The maximum absolute atomic E-state index is 12.7. The molecule has 0 amide bonds. The van der Waals surface area contributed by atoms with Gasteiger partial charge in [0, 0.05) is 31.3 Å². The summed E-state index contributed by atoms with van der Waals surface area (Å²) in [6, 6.07) is 1.19. The van der Waals surface area contributed by atoms with Gasteiger partial charge in [0.2, 0.25) is 5.95 Å². The summed E-state index contributed by atoms with van der Waals surface area (Å²) in [4.78, 5) is 9.64. The van der Waals surface area contributed by atoms with Crippen LogP contribution in [0.25, 0.3) is 0 Å². The Labute approximate surface area is 115 Å². The molecular weight excluding hydrogens is 271 g/mol. The molecule has 1 atom stereocenters. The van der Waals surface area contributed by atoms with Gasteiger partial charge in [-0.3, -0.25) is 0 Å². The fourth-order valence-electron chi connectivity index (χ4n) is 2.43. The van der Waals surface area contributed by atoms with Crippen molar-refractivity contribution in [2.24, 2.45) is 5.92 Å². The van der Waals surface area contributed by atoms with Crippen LogP contribution in [0, 0.1) is 5.92 Å². The lowest BCUT2D eigenvalue weighted by Gasteiger charge is -2.25. The van der Waals surface area contributed by atoms with E-state index in [1.807, 2.05) is 4.90 Å². The topological polar surface area (TPSA) is 38.2 Å². The zero-order valence-corrected chi connectivity index (χ0v) is 10.9. The molecule has 2 aliphatic rings. The monoisotopic (exact) mass is 287 g/mol. The van der Waals surface area contributed by atoms with Crippen LogP contribution >= 0.6 is 0 Å². The fourth-order valence-corrected chi connectivity index (χ4v) is 2.43. The maximum atomic E-state index is 12.7. The Balaban J connectivity index is 1.80. The van der Waals surface area contributed by atoms with E-state index in [0.717, 1.165) is 31.9 Å². The molecule has 2 heterocycles. The van der Waals surface area contributed by atoms with Crippen molar-refractivity contribution in [3.8, 4) is 0 Å². The summed E-state index contributed by atoms with van der Waals surface area (Å²) in [6.07, 6.45) is -0.308. The van der Waals surface area contributed by atoms with Gasteiger partial charge in [-0.1, -0.05) is 0 Å². The van der Waals surface area contributed by atoms with Crippen LogP contribution in [0.1, 0.15) is 25.0 Å². The minimum Gasteiger partial charge on any atom is -0.381 e. The normalized spacial score (nSPS) is 23.1. The van der Waals surface area contributed by atoms with E-state index in [2.05, 4.69) is 9.97 Å². The van der Waals surface area contributed by atoms with E-state index < -0.39 is 11.9 Å². The van der Waals surface area contributed by atoms with Gasteiger partial charge in [0.15, 0.2) is 0 Å². The van der Waals surface area contributed by atoms with Gasteiger partial charge in [0.05, 0.1) is 6.61 Å². The smallest absolute Gasteiger partial charge is 0.381 e. The Morgan fingerprint density at radius 3 is 2.70 bits per heavy atom. The second-order valence-electron chi connectivity index (χ2n) is 5.35. The van der Waals surface area contributed by atoms with Crippen LogP contribution in [0.5, 0.6) is 0 Å². The molecule has 0 spiro atoms. The van der Waals surface area contributed by atoms with Gasteiger partial charge >= 0.3 is 6.18 Å². The van der Waals surface area contributed by atoms with E-state index in [1.165, 1.54) is 6.20 Å². The molecule has 1 aromatic heterocycles. The molecule has 110 valence electrons. The number of alkyl halides is 3. The summed E-state index contributed by atoms with van der Waals surface area (Å²) in [7, 11) is 0. The van der Waals surface area contributed by atoms with Crippen LogP contribution in [0.2, 0.25) is 0 Å². The predicted octanol–water partition coefficient (Wildman–Crippen LogP) is 2.50. The minimum absolute atomic E-state index is 0.189. The molecule has 1 aliphatic heterocycles. The molecule has 0 N–H and O–H groups in total. The largest absolute Gasteiger partial charge is 0.433 e. The average Bonchev–Trinajstić information content (AvgIpc) is 3.12. The third-order valence-electron chi connectivity index (χ3n) is 3.66. The van der Waals surface area contributed by atoms with Crippen molar-refractivity contribution in [2.45, 2.75) is 31.5 Å². The van der Waals surface area contributed by atoms with E-state index in [0.29, 0.717) is 19.1 Å². The lowest BCUT2D eigenvalue weighted by molar-refractivity contribution is -0.141. The van der Waals surface area contributed by atoms with Gasteiger partial charge in [-0.05, 0) is 25.3 Å². The standard InChI is InChI=1S/C13H16F3N3O/c14-13(15,16)11-3-5-17-12(18-11)19(10-1-2-10)7-9-4-6-20-8-9/h3,5,9-10H,1-2,4,6-8H2. The van der Waals surface area contributed by atoms with Gasteiger partial charge in [0.25, 0.3) is 0 Å². The lowest BCUT2D eigenvalue weighted by Crippen LogP contribution is -2.33. The molecule has 1 saturated carbocycles. The van der Waals surface area contributed by atoms with Crippen LogP contribution < -0.4 is 4.90 Å². The van der Waals surface area contributed by atoms with Crippen molar-refractivity contribution in [2.75, 3.05) is 24.7 Å². The molecule has 0 bridgehead atoms. The van der Waals surface area contributed by atoms with Crippen molar-refractivity contribution in [3.63, 3.8) is 0 Å². The van der Waals surface area contributed by atoms with Gasteiger partial charge in [-0.25, -0.2) is 9.97 Å². The zero-order valence-electron chi connectivity index (χ0n) is 10.9. The first-order chi connectivity index (χ1) is 9.54. The molecule has 1 unspecified atom stereocenters. The summed E-state index contributed by atoms with van der Waals surface area (Å²) >= 11 is 0. The Morgan fingerprint density at radius 1 is 1.30 bits per heavy atom. The highest BCUT2D eigenvalue weighted by Gasteiger charge is 2.36. The molecule has 2 fully saturated rings. The lowest BCUT2D eigenvalue weighted by atomic mass is 10.1. The highest BCUT2D eigenvalue weighted by Crippen LogP contribution is 2.33. The molecule has 20 heavy (non-hydrogen) atoms. The van der Waals surface area contributed by atoms with E-state index in [9.17, 15) is 13.2 Å². The molecule has 4 nitrogen and oxygen atoms in total. The Kier molecular flexibility index (Phi) is 3.54. The van der Waals surface area contributed by atoms with E-state index >= 15 is 0 Å². The van der Waals surface area contributed by atoms with E-state index in [-0.39, 0.29) is 12.0 Å². The molecule has 0 radical (unpaired) electrons. The van der Waals surface area contributed by atoms with Crippen LogP contribution in [0.4, 0.5) is 19.1 Å². The zero-order chi connectivity index (χ0) is 14.2. The minimum atomic E-state index is -4.43. The molecule has 7 heteroatoms. The number of aromatic nitrogens is 2. The van der Waals surface area contributed by atoms with E-state index in [1.54, 1.807) is 0 Å². The summed E-state index contributed by atoms with van der Waals surface area (Å²) in [6.45, 7) is 2.07. The quantitative estimate of drug-likeness (QED) is 0.853. The second-order valence-corrected chi connectivity index (χ2v) is 5.35. The van der Waals surface area contributed by atoms with Crippen molar-refractivity contribution in [1.29, 1.82) is 0 Å². The third kappa shape index (κ3) is 3.03. The van der Waals surface area contributed by atoms with Crippen LogP contribution in [-0.2, 0) is 10.9 Å². The van der Waals surface area contributed by atoms with Crippen molar-refractivity contribution < 1.29 is 17.9 Å². The highest BCUT2D eigenvalue weighted by atomic mass is 19.4. The molecule has 1 aromatic rings. The number of ether oxygens (including phenoxy) is 1. The van der Waals surface area contributed by atoms with Crippen molar-refractivity contribution in [1.82, 2.24) is 9.97 Å². The maximum Gasteiger partial charge on any atom is 0.433 e. The van der Waals surface area contributed by atoms with Gasteiger partial charge < -0.3 is 9.64 Å². The summed E-state index contributed by atoms with van der Waals surface area (Å²) in [5, 5.41) is 0. The Bertz CT molecular complexity index is 470. The molecule has 1 aliphatic carbocycles. The van der Waals surface area contributed by atoms with Crippen molar-refractivity contribution in [3.05, 3.63) is 18.0 Å². The van der Waals surface area contributed by atoms with Crippen LogP contribution in [-0.4, -0.2) is 35.8 Å². The van der Waals surface area contributed by atoms with Crippen LogP contribution in [0.3, 0.4) is 0 Å². The highest BCUT2D eigenvalue weighted by molar-refractivity contribution is 5.35. The summed E-state index contributed by atoms with van der Waals surface area (Å²) in [5.41, 5.74) is -0.879. The van der Waals surface area contributed by atoms with E-state index in [4.69, 9.17) is 4.74 Å². The molecule has 0 aromatic carbocycles. The predicted molar refractivity (Wildman–Crippen MR) is 66.3 cm³/mol. The Hall–Kier alpha value is -1.37. The molecular formula is C13H16F3N3O. The second kappa shape index (κ2) is 5.20. The first kappa shape index (κ1) is 13.6. The number of anilines is 1. The van der Waals surface area contributed by atoms with Crippen molar-refractivity contribution >= 4 is 5.95 Å². The first-order valence-corrected chi connectivity index (χ1v) is 6.78. The number of halogens is 3. The molecule has 1 saturated heterocycles. The Morgan fingerprint density at radius 2 is 2.10 bits per heavy atom. The van der Waals surface area contributed by atoms with Gasteiger partial charge in [-0.15, -0.1) is 0 Å². The number of hydrogen-bond acceptors (Lipinski definition) is 4. The fraction of sp³-hybridized carbons (Fsp3) is 0.692. The first-order valence-electron chi connectivity index (χ1n) is 6.78. The average molecular weight is 287 g/mol. The number of nitrogens with zero attached hydrogens (tertiary/aromatic N) is 3. The van der Waals surface area contributed by atoms with Crippen LogP contribution in [0.15, 0.2) is 12.3 Å². The third-order valence-corrected chi connectivity index (χ3v) is 3.66. The van der Waals surface area contributed by atoms with Gasteiger partial charge in [0.1, 0.15) is 5.69 Å². The molecule has 3 rings (SSSR count). The number of hydrogen-bond donors (Lipinski definition) is 0. The summed E-state index contributed by atoms with van der Waals surface area (Å²) < 4.78 is 43.5. The number of rotatable bonds is 4. The van der Waals surface area contributed by atoms with Gasteiger partial charge in [-0.2, -0.15) is 13.2 Å².